The van der Waals surface area contributed by atoms with Crippen LogP contribution in [0, 0.1) is 6.92 Å². The Morgan fingerprint density at radius 2 is 1.97 bits per heavy atom. The maximum Gasteiger partial charge on any atom is 0.280 e. The zero-order valence-electron chi connectivity index (χ0n) is 15.9. The van der Waals surface area contributed by atoms with Gasteiger partial charge in [-0.05, 0) is 44.2 Å². The number of aromatic amines is 1. The first-order valence-electron chi connectivity index (χ1n) is 8.91. The van der Waals surface area contributed by atoms with Crippen molar-refractivity contribution < 1.29 is 4.74 Å². The van der Waals surface area contributed by atoms with Gasteiger partial charge in [-0.25, -0.2) is 14.7 Å². The Balaban J connectivity index is 1.70. The van der Waals surface area contributed by atoms with Gasteiger partial charge in [0.25, 0.3) is 5.56 Å². The van der Waals surface area contributed by atoms with Crippen LogP contribution < -0.4 is 10.3 Å². The summed E-state index contributed by atoms with van der Waals surface area (Å²) in [6.07, 6.45) is 1.49. The molecule has 0 radical (unpaired) electrons. The summed E-state index contributed by atoms with van der Waals surface area (Å²) in [7, 11) is 0. The molecule has 0 spiro atoms. The molecule has 30 heavy (non-hydrogen) atoms. The number of aromatic nitrogens is 3. The average molecular weight is 482 g/mol. The lowest BCUT2D eigenvalue weighted by molar-refractivity contribution is 0.341. The summed E-state index contributed by atoms with van der Waals surface area (Å²) >= 11 is 19.9. The van der Waals surface area contributed by atoms with Gasteiger partial charge in [0.15, 0.2) is 0 Å². The average Bonchev–Trinajstić information content (AvgIpc) is 3.20. The van der Waals surface area contributed by atoms with Gasteiger partial charge in [-0.3, -0.25) is 9.89 Å². The molecule has 0 saturated heterocycles. The molecule has 2 aromatic heterocycles. The second-order valence-corrected chi connectivity index (χ2v) is 8.59. The minimum Gasteiger partial charge on any atom is -0.494 e. The van der Waals surface area contributed by atoms with E-state index >= 15 is 0 Å². The second-order valence-electron chi connectivity index (χ2n) is 6.33. The fraction of sp³-hybridized carbons (Fsp3) is 0.150. The van der Waals surface area contributed by atoms with Crippen molar-refractivity contribution in [2.45, 2.75) is 13.8 Å². The number of thiazole rings is 1. The first-order chi connectivity index (χ1) is 14.4. The molecule has 0 amide bonds. The van der Waals surface area contributed by atoms with Gasteiger partial charge in [-0.2, -0.15) is 0 Å². The van der Waals surface area contributed by atoms with E-state index in [-0.39, 0.29) is 15.6 Å². The Hall–Kier alpha value is -2.32. The maximum absolute atomic E-state index is 12.9. The second kappa shape index (κ2) is 8.43. The predicted molar refractivity (Wildman–Crippen MR) is 124 cm³/mol. The van der Waals surface area contributed by atoms with Gasteiger partial charge in [0.05, 0.1) is 32.4 Å². The summed E-state index contributed by atoms with van der Waals surface area (Å²) < 4.78 is 7.75. The number of halogens is 3. The van der Waals surface area contributed by atoms with E-state index in [0.717, 1.165) is 16.0 Å². The van der Waals surface area contributed by atoms with Crippen LogP contribution in [0.3, 0.4) is 0 Å². The van der Waals surface area contributed by atoms with E-state index in [0.29, 0.717) is 33.7 Å². The van der Waals surface area contributed by atoms with Crippen LogP contribution in [0.5, 0.6) is 5.75 Å². The summed E-state index contributed by atoms with van der Waals surface area (Å²) in [6, 6.07) is 8.73. The highest BCUT2D eigenvalue weighted by Gasteiger charge is 2.17. The monoisotopic (exact) mass is 480 g/mol. The number of aliphatic imine (C=N–C) groups is 1. The summed E-state index contributed by atoms with van der Waals surface area (Å²) in [5.74, 6) is 0.783. The van der Waals surface area contributed by atoms with Gasteiger partial charge >= 0.3 is 0 Å². The molecule has 0 unspecified atom stereocenters. The molecule has 154 valence electrons. The standard InChI is InChI=1S/C20H15Cl3N4O2S/c1-3-29-12-4-5-16-17(8-12)30-20(25-16)24-9-13-10(2)26-27(19(13)28)18-14(22)6-11(21)7-15(18)23/h4-9,26H,3H2,1-2H3/b24-9+. The van der Waals surface area contributed by atoms with Gasteiger partial charge in [-0.1, -0.05) is 46.1 Å². The summed E-state index contributed by atoms with van der Waals surface area (Å²) in [5.41, 5.74) is 1.82. The van der Waals surface area contributed by atoms with Gasteiger partial charge < -0.3 is 4.74 Å². The molecule has 0 aliphatic rings. The lowest BCUT2D eigenvalue weighted by atomic mass is 10.3. The molecule has 1 N–H and O–H groups in total. The van der Waals surface area contributed by atoms with Crippen LogP contribution >= 0.6 is 46.1 Å². The minimum atomic E-state index is -0.331. The third-order valence-corrected chi connectivity index (χ3v) is 6.01. The van der Waals surface area contributed by atoms with Crippen LogP contribution in [0.2, 0.25) is 15.1 Å². The van der Waals surface area contributed by atoms with Crippen LogP contribution in [0.1, 0.15) is 18.2 Å². The number of fused-ring (bicyclic) bond motifs is 1. The molecule has 2 heterocycles. The summed E-state index contributed by atoms with van der Waals surface area (Å²) in [4.78, 5) is 21.8. The van der Waals surface area contributed by atoms with Crippen LogP contribution in [-0.4, -0.2) is 27.6 Å². The first-order valence-corrected chi connectivity index (χ1v) is 10.9. The molecule has 6 nitrogen and oxygen atoms in total. The Labute approximate surface area is 190 Å². The van der Waals surface area contributed by atoms with Crippen LogP contribution in [-0.2, 0) is 0 Å². The molecule has 4 rings (SSSR count). The lowest BCUT2D eigenvalue weighted by Crippen LogP contribution is -2.18. The van der Waals surface area contributed by atoms with E-state index in [9.17, 15) is 4.79 Å². The van der Waals surface area contributed by atoms with E-state index in [2.05, 4.69) is 15.1 Å². The molecular formula is C20H15Cl3N4O2S. The van der Waals surface area contributed by atoms with Crippen molar-refractivity contribution in [3.63, 3.8) is 0 Å². The number of rotatable bonds is 5. The van der Waals surface area contributed by atoms with E-state index < -0.39 is 0 Å². The number of H-pyrrole nitrogens is 1. The lowest BCUT2D eigenvalue weighted by Gasteiger charge is -2.07. The highest BCUT2D eigenvalue weighted by Crippen LogP contribution is 2.32. The third-order valence-electron chi connectivity index (χ3n) is 4.29. The molecule has 0 bridgehead atoms. The van der Waals surface area contributed by atoms with Crippen molar-refractivity contribution in [1.29, 1.82) is 0 Å². The number of ether oxygens (including phenoxy) is 1. The SMILES string of the molecule is CCOc1ccc2nc(/N=C/c3c(C)[nH]n(-c4c(Cl)cc(Cl)cc4Cl)c3=O)sc2c1. The van der Waals surface area contributed by atoms with E-state index in [1.54, 1.807) is 6.92 Å². The van der Waals surface area contributed by atoms with Crippen molar-refractivity contribution in [2.75, 3.05) is 6.61 Å². The van der Waals surface area contributed by atoms with E-state index in [1.807, 2.05) is 25.1 Å². The molecule has 10 heteroatoms. The molecule has 0 saturated carbocycles. The largest absolute Gasteiger partial charge is 0.494 e. The molecule has 0 fully saturated rings. The summed E-state index contributed by atoms with van der Waals surface area (Å²) in [5, 5.41) is 4.42. The first kappa shape index (κ1) is 20.9. The van der Waals surface area contributed by atoms with Gasteiger partial charge in [0.2, 0.25) is 5.13 Å². The van der Waals surface area contributed by atoms with Crippen LogP contribution in [0.15, 0.2) is 40.1 Å². The zero-order valence-corrected chi connectivity index (χ0v) is 19.0. The normalized spacial score (nSPS) is 11.6. The smallest absolute Gasteiger partial charge is 0.280 e. The number of aryl methyl sites for hydroxylation is 1. The summed E-state index contributed by atoms with van der Waals surface area (Å²) in [6.45, 7) is 4.29. The molecule has 4 aromatic rings. The number of hydrogen-bond acceptors (Lipinski definition) is 5. The Morgan fingerprint density at radius 1 is 1.23 bits per heavy atom. The van der Waals surface area contributed by atoms with Gasteiger partial charge in [0, 0.05) is 16.9 Å². The Morgan fingerprint density at radius 3 is 2.67 bits per heavy atom. The van der Waals surface area contributed by atoms with Gasteiger partial charge in [-0.15, -0.1) is 0 Å². The number of hydrogen-bond donors (Lipinski definition) is 1. The van der Waals surface area contributed by atoms with Crippen molar-refractivity contribution in [3.8, 4) is 11.4 Å². The highest BCUT2D eigenvalue weighted by atomic mass is 35.5. The van der Waals surface area contributed by atoms with Crippen LogP contribution in [0.4, 0.5) is 5.13 Å². The molecular weight excluding hydrogens is 467 g/mol. The predicted octanol–water partition coefficient (Wildman–Crippen LogP) is 6.19. The molecule has 0 aliphatic carbocycles. The van der Waals surface area contributed by atoms with Crippen LogP contribution in [0.25, 0.3) is 15.9 Å². The fourth-order valence-corrected chi connectivity index (χ4v) is 4.77. The van der Waals surface area contributed by atoms with Crippen molar-refractivity contribution in [1.82, 2.24) is 14.8 Å². The number of nitrogens with one attached hydrogen (secondary N) is 1. The van der Waals surface area contributed by atoms with Crippen molar-refractivity contribution >= 4 is 67.7 Å². The van der Waals surface area contributed by atoms with E-state index in [4.69, 9.17) is 39.5 Å². The van der Waals surface area contributed by atoms with Crippen molar-refractivity contribution in [2.24, 2.45) is 4.99 Å². The Bertz CT molecular complexity index is 1320. The van der Waals surface area contributed by atoms with Gasteiger partial charge in [0.1, 0.15) is 11.4 Å². The quantitative estimate of drug-likeness (QED) is 0.345. The third kappa shape index (κ3) is 3.98. The maximum atomic E-state index is 12.9. The number of nitrogens with zero attached hydrogens (tertiary/aromatic N) is 3. The molecule has 2 aromatic carbocycles. The minimum absolute atomic E-state index is 0.260. The number of benzene rings is 2. The zero-order chi connectivity index (χ0) is 21.4. The Kier molecular flexibility index (Phi) is 5.88. The molecule has 0 aliphatic heterocycles. The topological polar surface area (TPSA) is 72.3 Å². The van der Waals surface area contributed by atoms with Crippen molar-refractivity contribution in [3.05, 3.63) is 67.0 Å². The molecule has 0 atom stereocenters. The highest BCUT2D eigenvalue weighted by molar-refractivity contribution is 7.22. The van der Waals surface area contributed by atoms with E-state index in [1.165, 1.54) is 34.4 Å². The fourth-order valence-electron chi connectivity index (χ4n) is 2.94.